The minimum absolute atomic E-state index is 0.104. The van der Waals surface area contributed by atoms with E-state index in [1.165, 1.54) is 12.1 Å². The first-order valence-electron chi connectivity index (χ1n) is 4.94. The monoisotopic (exact) mass is 316 g/mol. The highest BCUT2D eigenvalue weighted by Crippen LogP contribution is 2.22. The first-order chi connectivity index (χ1) is 7.90. The molecule has 3 N–H and O–H groups in total. The van der Waals surface area contributed by atoms with E-state index in [1.54, 1.807) is 6.07 Å². The van der Waals surface area contributed by atoms with Crippen molar-refractivity contribution >= 4 is 31.6 Å². The van der Waals surface area contributed by atoms with Gasteiger partial charge in [-0.05, 0) is 40.5 Å². The van der Waals surface area contributed by atoms with Crippen molar-refractivity contribution in [2.45, 2.75) is 24.3 Å². The van der Waals surface area contributed by atoms with Crippen LogP contribution in [-0.2, 0) is 10.0 Å². The maximum Gasteiger partial charge on any atom is 0.241 e. The van der Waals surface area contributed by atoms with E-state index in [0.29, 0.717) is 16.6 Å². The number of hydrogen-bond acceptors (Lipinski definition) is 3. The van der Waals surface area contributed by atoms with Crippen LogP contribution in [-0.4, -0.2) is 14.5 Å². The molecule has 0 bridgehead atoms. The number of hydrogen-bond donors (Lipinski definition) is 2. The van der Waals surface area contributed by atoms with E-state index in [2.05, 4.69) is 26.6 Å². The first-order valence-corrected chi connectivity index (χ1v) is 7.21. The molecule has 1 atom stereocenters. The van der Waals surface area contributed by atoms with Crippen LogP contribution in [0.2, 0.25) is 0 Å². The lowest BCUT2D eigenvalue weighted by atomic mass is 10.3. The zero-order valence-corrected chi connectivity index (χ0v) is 11.7. The van der Waals surface area contributed by atoms with Crippen LogP contribution in [0, 0.1) is 12.3 Å². The summed E-state index contributed by atoms with van der Waals surface area (Å²) in [7, 11) is -3.62. The van der Waals surface area contributed by atoms with Crippen LogP contribution in [0.1, 0.15) is 13.3 Å². The fourth-order valence-corrected chi connectivity index (χ4v) is 2.70. The Hall–Kier alpha value is -1.03. The summed E-state index contributed by atoms with van der Waals surface area (Å²) in [6, 6.07) is 3.92. The van der Waals surface area contributed by atoms with Crippen molar-refractivity contribution in [1.29, 1.82) is 0 Å². The van der Waals surface area contributed by atoms with Crippen LogP contribution >= 0.6 is 15.9 Å². The van der Waals surface area contributed by atoms with Crippen molar-refractivity contribution in [1.82, 2.24) is 4.72 Å². The van der Waals surface area contributed by atoms with Crippen molar-refractivity contribution in [3.8, 4) is 12.3 Å². The third-order valence-corrected chi connectivity index (χ3v) is 4.38. The van der Waals surface area contributed by atoms with E-state index in [9.17, 15) is 8.42 Å². The molecule has 0 aliphatic heterocycles. The minimum Gasteiger partial charge on any atom is -0.398 e. The summed E-state index contributed by atoms with van der Waals surface area (Å²) in [6.07, 6.45) is 5.74. The molecule has 6 heteroatoms. The second-order valence-corrected chi connectivity index (χ2v) is 6.00. The Kier molecular flexibility index (Phi) is 4.57. The summed E-state index contributed by atoms with van der Waals surface area (Å²) in [5.41, 5.74) is 6.00. The van der Waals surface area contributed by atoms with Gasteiger partial charge >= 0.3 is 0 Å². The van der Waals surface area contributed by atoms with Crippen LogP contribution in [0.5, 0.6) is 0 Å². The molecule has 0 aliphatic carbocycles. The zero-order chi connectivity index (χ0) is 13.1. The van der Waals surface area contributed by atoms with Gasteiger partial charge in [0, 0.05) is 10.2 Å². The molecule has 1 aromatic rings. The largest absolute Gasteiger partial charge is 0.398 e. The van der Waals surface area contributed by atoms with Crippen LogP contribution in [0.25, 0.3) is 0 Å². The normalized spacial score (nSPS) is 13.0. The number of terminal acetylenes is 1. The van der Waals surface area contributed by atoms with E-state index in [4.69, 9.17) is 12.2 Å². The summed E-state index contributed by atoms with van der Waals surface area (Å²) < 4.78 is 27.0. The van der Waals surface area contributed by atoms with Crippen LogP contribution < -0.4 is 10.5 Å². The van der Waals surface area contributed by atoms with Gasteiger partial charge in [0.05, 0.1) is 10.9 Å². The molecular formula is C11H13BrN2O2S. The van der Waals surface area contributed by atoms with E-state index < -0.39 is 16.1 Å². The predicted molar refractivity (Wildman–Crippen MR) is 71.8 cm³/mol. The number of nitrogen functional groups attached to an aromatic ring is 1. The lowest BCUT2D eigenvalue weighted by Crippen LogP contribution is -2.33. The van der Waals surface area contributed by atoms with E-state index in [0.717, 1.165) is 0 Å². The Morgan fingerprint density at radius 2 is 2.24 bits per heavy atom. The van der Waals surface area contributed by atoms with Gasteiger partial charge in [-0.15, -0.1) is 6.42 Å². The summed E-state index contributed by atoms with van der Waals surface area (Å²) in [5, 5.41) is 0. The van der Waals surface area contributed by atoms with Gasteiger partial charge in [0.15, 0.2) is 0 Å². The molecule has 0 aliphatic rings. The summed E-state index contributed by atoms with van der Waals surface area (Å²) in [4.78, 5) is 0.104. The molecule has 4 nitrogen and oxygen atoms in total. The summed E-state index contributed by atoms with van der Waals surface area (Å²) >= 11 is 3.20. The topological polar surface area (TPSA) is 72.2 Å². The molecule has 1 rings (SSSR count). The maximum absolute atomic E-state index is 11.9. The molecule has 0 spiro atoms. The summed E-state index contributed by atoms with van der Waals surface area (Å²) in [6.45, 7) is 1.81. The number of benzene rings is 1. The molecule has 17 heavy (non-hydrogen) atoms. The Morgan fingerprint density at radius 1 is 1.59 bits per heavy atom. The molecule has 0 radical (unpaired) electrons. The molecule has 0 heterocycles. The van der Waals surface area contributed by atoms with Crippen LogP contribution in [0.3, 0.4) is 0 Å². The zero-order valence-electron chi connectivity index (χ0n) is 9.27. The van der Waals surface area contributed by atoms with E-state index >= 15 is 0 Å². The predicted octanol–water partition coefficient (Wildman–Crippen LogP) is 1.72. The van der Waals surface area contributed by atoms with Gasteiger partial charge in [-0.2, -0.15) is 4.72 Å². The Bertz CT molecular complexity index is 549. The van der Waals surface area contributed by atoms with Gasteiger partial charge in [-0.25, -0.2) is 8.42 Å². The van der Waals surface area contributed by atoms with Crippen molar-refractivity contribution < 1.29 is 8.42 Å². The first kappa shape index (κ1) is 14.0. The average Bonchev–Trinajstić information content (AvgIpc) is 2.29. The molecule has 1 aromatic carbocycles. The minimum atomic E-state index is -3.62. The highest BCUT2D eigenvalue weighted by atomic mass is 79.9. The van der Waals surface area contributed by atoms with Crippen molar-refractivity contribution in [3.05, 3.63) is 22.7 Å². The number of rotatable bonds is 4. The van der Waals surface area contributed by atoms with Gasteiger partial charge < -0.3 is 5.73 Å². The molecular weight excluding hydrogens is 304 g/mol. The van der Waals surface area contributed by atoms with Crippen LogP contribution in [0.15, 0.2) is 27.6 Å². The Labute approximate surface area is 110 Å². The van der Waals surface area contributed by atoms with Gasteiger partial charge in [-0.3, -0.25) is 0 Å². The highest BCUT2D eigenvalue weighted by molar-refractivity contribution is 9.10. The van der Waals surface area contributed by atoms with Gasteiger partial charge in [-0.1, -0.05) is 12.8 Å². The fourth-order valence-electron chi connectivity index (χ4n) is 1.18. The third-order valence-electron chi connectivity index (χ3n) is 2.18. The SMILES string of the molecule is C#CC(CC)NS(=O)(=O)c1ccc(Br)c(N)c1. The number of sulfonamides is 1. The van der Waals surface area contributed by atoms with Gasteiger partial charge in [0.2, 0.25) is 10.0 Å². The van der Waals surface area contributed by atoms with E-state index in [-0.39, 0.29) is 4.90 Å². The lowest BCUT2D eigenvalue weighted by molar-refractivity contribution is 0.570. The number of nitrogens with one attached hydrogen (secondary N) is 1. The smallest absolute Gasteiger partial charge is 0.241 e. The molecule has 0 saturated heterocycles. The average molecular weight is 317 g/mol. The second kappa shape index (κ2) is 5.54. The van der Waals surface area contributed by atoms with Crippen molar-refractivity contribution in [2.24, 2.45) is 0 Å². The molecule has 0 fully saturated rings. The van der Waals surface area contributed by atoms with Crippen molar-refractivity contribution in [3.63, 3.8) is 0 Å². The highest BCUT2D eigenvalue weighted by Gasteiger charge is 2.18. The van der Waals surface area contributed by atoms with Crippen molar-refractivity contribution in [2.75, 3.05) is 5.73 Å². The third kappa shape index (κ3) is 3.46. The number of halogens is 1. The van der Waals surface area contributed by atoms with Gasteiger partial charge in [0.25, 0.3) is 0 Å². The quantitative estimate of drug-likeness (QED) is 0.656. The number of anilines is 1. The Morgan fingerprint density at radius 3 is 2.71 bits per heavy atom. The molecule has 0 amide bonds. The molecule has 92 valence electrons. The summed E-state index contributed by atoms with van der Waals surface area (Å²) in [5.74, 6) is 2.37. The Balaban J connectivity index is 3.06. The molecule has 0 saturated carbocycles. The van der Waals surface area contributed by atoms with Gasteiger partial charge in [0.1, 0.15) is 0 Å². The molecule has 0 aromatic heterocycles. The number of nitrogens with two attached hydrogens (primary N) is 1. The second-order valence-electron chi connectivity index (χ2n) is 3.43. The standard InChI is InChI=1S/C11H13BrN2O2S/c1-3-8(4-2)14-17(15,16)9-5-6-10(12)11(13)7-9/h1,5-8,14H,4,13H2,2H3. The maximum atomic E-state index is 11.9. The molecule has 1 unspecified atom stereocenters. The van der Waals surface area contributed by atoms with E-state index in [1.807, 2.05) is 6.92 Å². The lowest BCUT2D eigenvalue weighted by Gasteiger charge is -2.12. The fraction of sp³-hybridized carbons (Fsp3) is 0.273. The van der Waals surface area contributed by atoms with Crippen LogP contribution in [0.4, 0.5) is 5.69 Å².